The van der Waals surface area contributed by atoms with Gasteiger partial charge in [0.1, 0.15) is 18.4 Å². The number of carbonyl (C=O) groups excluding carboxylic acids is 3. The minimum Gasteiger partial charge on any atom is -0.489 e. The monoisotopic (exact) mass is 493 g/mol. The highest BCUT2D eigenvalue weighted by Crippen LogP contribution is 2.34. The normalized spacial score (nSPS) is 22.0. The van der Waals surface area contributed by atoms with E-state index in [4.69, 9.17) is 9.47 Å². The molecule has 2 atom stereocenters. The van der Waals surface area contributed by atoms with Gasteiger partial charge < -0.3 is 14.4 Å². The van der Waals surface area contributed by atoms with E-state index >= 15 is 0 Å². The molecule has 0 aliphatic carbocycles. The third-order valence-electron chi connectivity index (χ3n) is 6.85. The van der Waals surface area contributed by atoms with Crippen molar-refractivity contribution in [2.45, 2.75) is 65.4 Å². The zero-order chi connectivity index (χ0) is 25.7. The Balaban J connectivity index is 0.00000148. The average Bonchev–Trinajstić information content (AvgIpc) is 3.23. The minimum atomic E-state index is -0.632. The standard InChI is InChI=1S/C26H29N3O5.C2H6/c1-17-15-33-12-11-28(17)13-18-5-7-19(8-6-18)16-34-23-4-2-3-20-21(23)14-29(26(20)32)22-9-10-24(30)27-25(22)31;1-2/h2-8,17,22H,9-16H2,1H3,(H,27,30,31);1-2H3. The summed E-state index contributed by atoms with van der Waals surface area (Å²) in [6.07, 6.45) is 0.580. The van der Waals surface area contributed by atoms with Crippen LogP contribution in [0.3, 0.4) is 0 Å². The van der Waals surface area contributed by atoms with Crippen molar-refractivity contribution in [3.05, 3.63) is 64.7 Å². The van der Waals surface area contributed by atoms with Crippen molar-refractivity contribution in [1.82, 2.24) is 15.1 Å². The van der Waals surface area contributed by atoms with Crippen molar-refractivity contribution >= 4 is 17.7 Å². The minimum absolute atomic E-state index is 0.198. The molecule has 8 heteroatoms. The zero-order valence-electron chi connectivity index (χ0n) is 21.3. The van der Waals surface area contributed by atoms with Crippen LogP contribution < -0.4 is 10.1 Å². The molecule has 2 saturated heterocycles. The van der Waals surface area contributed by atoms with Gasteiger partial charge in [-0.1, -0.05) is 44.2 Å². The Kier molecular flexibility index (Phi) is 8.38. The van der Waals surface area contributed by atoms with Gasteiger partial charge >= 0.3 is 0 Å². The molecule has 2 fully saturated rings. The van der Waals surface area contributed by atoms with Crippen LogP contribution in [-0.4, -0.2) is 59.4 Å². The van der Waals surface area contributed by atoms with E-state index < -0.39 is 11.9 Å². The van der Waals surface area contributed by atoms with Crippen LogP contribution >= 0.6 is 0 Å². The number of morpholine rings is 1. The molecule has 2 aromatic carbocycles. The van der Waals surface area contributed by atoms with Crippen LogP contribution in [0.25, 0.3) is 0 Å². The SMILES string of the molecule is CC.CC1COCCN1Cc1ccc(COc2cccc3c2CN(C2CCC(=O)NC2=O)C3=O)cc1. The number of carbonyl (C=O) groups is 3. The molecule has 3 heterocycles. The molecular formula is C28H35N3O5. The Bertz CT molecular complexity index is 1100. The molecule has 8 nitrogen and oxygen atoms in total. The van der Waals surface area contributed by atoms with E-state index in [0.717, 1.165) is 37.4 Å². The van der Waals surface area contributed by atoms with Gasteiger partial charge in [0.25, 0.3) is 5.91 Å². The molecule has 3 aliphatic rings. The van der Waals surface area contributed by atoms with Crippen molar-refractivity contribution in [1.29, 1.82) is 0 Å². The van der Waals surface area contributed by atoms with Crippen LogP contribution in [0.2, 0.25) is 0 Å². The summed E-state index contributed by atoms with van der Waals surface area (Å²) >= 11 is 0. The Morgan fingerprint density at radius 1 is 1.06 bits per heavy atom. The first-order chi connectivity index (χ1) is 17.5. The molecule has 5 rings (SSSR count). The first-order valence-corrected chi connectivity index (χ1v) is 12.8. The molecular weight excluding hydrogens is 458 g/mol. The quantitative estimate of drug-likeness (QED) is 0.622. The van der Waals surface area contributed by atoms with E-state index in [9.17, 15) is 14.4 Å². The Morgan fingerprint density at radius 2 is 1.81 bits per heavy atom. The van der Waals surface area contributed by atoms with Gasteiger partial charge in [-0.2, -0.15) is 0 Å². The predicted octanol–water partition coefficient (Wildman–Crippen LogP) is 3.27. The van der Waals surface area contributed by atoms with E-state index in [1.165, 1.54) is 5.56 Å². The van der Waals surface area contributed by atoms with Gasteiger partial charge in [0.2, 0.25) is 11.8 Å². The fourth-order valence-electron chi connectivity index (χ4n) is 4.83. The summed E-state index contributed by atoms with van der Waals surface area (Å²) in [5.41, 5.74) is 3.64. The Hall–Kier alpha value is -3.23. The summed E-state index contributed by atoms with van der Waals surface area (Å²) in [6, 6.07) is 13.6. The van der Waals surface area contributed by atoms with Gasteiger partial charge in [-0.3, -0.25) is 24.6 Å². The van der Waals surface area contributed by atoms with Gasteiger partial charge in [-0.15, -0.1) is 0 Å². The van der Waals surface area contributed by atoms with E-state index in [1.807, 2.05) is 19.9 Å². The number of hydrogen-bond donors (Lipinski definition) is 1. The van der Waals surface area contributed by atoms with Crippen molar-refractivity contribution in [2.75, 3.05) is 19.8 Å². The number of fused-ring (bicyclic) bond motifs is 1. The van der Waals surface area contributed by atoms with Crippen molar-refractivity contribution < 1.29 is 23.9 Å². The lowest BCUT2D eigenvalue weighted by Crippen LogP contribution is -2.52. The van der Waals surface area contributed by atoms with Crippen LogP contribution in [0.1, 0.15) is 60.7 Å². The summed E-state index contributed by atoms with van der Waals surface area (Å²) in [7, 11) is 0. The second-order valence-electron chi connectivity index (χ2n) is 9.18. The number of nitrogens with one attached hydrogen (secondary N) is 1. The molecule has 36 heavy (non-hydrogen) atoms. The number of piperidine rings is 1. The first kappa shape index (κ1) is 25.9. The van der Waals surface area contributed by atoms with E-state index in [2.05, 4.69) is 41.4 Å². The molecule has 1 N–H and O–H groups in total. The van der Waals surface area contributed by atoms with Gasteiger partial charge in [0.15, 0.2) is 0 Å². The Labute approximate surface area is 212 Å². The maximum atomic E-state index is 13.0. The smallest absolute Gasteiger partial charge is 0.255 e. The van der Waals surface area contributed by atoms with Gasteiger partial charge in [-0.05, 0) is 36.6 Å². The maximum absolute atomic E-state index is 13.0. The number of benzene rings is 2. The number of ether oxygens (including phenoxy) is 2. The fraction of sp³-hybridized carbons (Fsp3) is 0.464. The lowest BCUT2D eigenvalue weighted by atomic mass is 10.0. The van der Waals surface area contributed by atoms with Crippen LogP contribution in [0.4, 0.5) is 0 Å². The number of hydrogen-bond acceptors (Lipinski definition) is 6. The van der Waals surface area contributed by atoms with E-state index in [0.29, 0.717) is 36.9 Å². The summed E-state index contributed by atoms with van der Waals surface area (Å²) in [4.78, 5) is 40.7. The number of rotatable bonds is 6. The molecule has 2 unspecified atom stereocenters. The molecule has 0 bridgehead atoms. The maximum Gasteiger partial charge on any atom is 0.255 e. The second-order valence-corrected chi connectivity index (χ2v) is 9.18. The molecule has 3 amide bonds. The highest BCUT2D eigenvalue weighted by atomic mass is 16.5. The van der Waals surface area contributed by atoms with Crippen molar-refractivity contribution in [3.63, 3.8) is 0 Å². The molecule has 0 spiro atoms. The van der Waals surface area contributed by atoms with Crippen LogP contribution in [-0.2, 0) is 34.0 Å². The third kappa shape index (κ3) is 5.60. The van der Waals surface area contributed by atoms with Gasteiger partial charge in [-0.25, -0.2) is 0 Å². The number of imide groups is 1. The van der Waals surface area contributed by atoms with Gasteiger partial charge in [0.05, 0.1) is 19.8 Å². The predicted molar refractivity (Wildman–Crippen MR) is 135 cm³/mol. The summed E-state index contributed by atoms with van der Waals surface area (Å²) < 4.78 is 11.6. The molecule has 0 aromatic heterocycles. The lowest BCUT2D eigenvalue weighted by molar-refractivity contribution is -0.136. The summed E-state index contributed by atoms with van der Waals surface area (Å²) in [5.74, 6) is -0.255. The Morgan fingerprint density at radius 3 is 2.53 bits per heavy atom. The highest BCUT2D eigenvalue weighted by Gasteiger charge is 2.40. The summed E-state index contributed by atoms with van der Waals surface area (Å²) in [5, 5.41) is 2.34. The van der Waals surface area contributed by atoms with Crippen molar-refractivity contribution in [3.8, 4) is 5.75 Å². The first-order valence-electron chi connectivity index (χ1n) is 12.8. The topological polar surface area (TPSA) is 88.2 Å². The molecule has 0 saturated carbocycles. The second kappa shape index (κ2) is 11.7. The number of nitrogens with zero attached hydrogens (tertiary/aromatic N) is 2. The van der Waals surface area contributed by atoms with Crippen LogP contribution in [0.5, 0.6) is 5.75 Å². The molecule has 192 valence electrons. The highest BCUT2D eigenvalue weighted by molar-refractivity contribution is 6.05. The molecule has 2 aromatic rings. The number of amides is 3. The van der Waals surface area contributed by atoms with E-state index in [1.54, 1.807) is 17.0 Å². The van der Waals surface area contributed by atoms with Crippen molar-refractivity contribution in [2.24, 2.45) is 0 Å². The lowest BCUT2D eigenvalue weighted by Gasteiger charge is -2.33. The van der Waals surface area contributed by atoms with E-state index in [-0.39, 0.29) is 18.2 Å². The average molecular weight is 494 g/mol. The van der Waals surface area contributed by atoms with Crippen LogP contribution in [0.15, 0.2) is 42.5 Å². The van der Waals surface area contributed by atoms with Crippen LogP contribution in [0, 0.1) is 0 Å². The fourth-order valence-corrected chi connectivity index (χ4v) is 4.83. The third-order valence-corrected chi connectivity index (χ3v) is 6.85. The largest absolute Gasteiger partial charge is 0.489 e. The molecule has 0 radical (unpaired) electrons. The zero-order valence-corrected chi connectivity index (χ0v) is 21.3. The van der Waals surface area contributed by atoms with Gasteiger partial charge in [0, 0.05) is 36.7 Å². The summed E-state index contributed by atoms with van der Waals surface area (Å²) in [6.45, 7) is 10.3. The molecule has 3 aliphatic heterocycles.